The van der Waals surface area contributed by atoms with Crippen LogP contribution in [0.4, 0.5) is 5.69 Å². The molecule has 13 heteroatoms. The Hall–Kier alpha value is -2.55. The molecular weight excluding hydrogens is 494 g/mol. The summed E-state index contributed by atoms with van der Waals surface area (Å²) in [6.07, 6.45) is 0. The molecule has 0 aliphatic rings. The van der Waals surface area contributed by atoms with Crippen LogP contribution < -0.4 is 14.6 Å². The van der Waals surface area contributed by atoms with E-state index < -0.39 is 30.1 Å². The van der Waals surface area contributed by atoms with Crippen molar-refractivity contribution < 1.29 is 25.3 Å². The molecule has 9 nitrogen and oxygen atoms in total. The van der Waals surface area contributed by atoms with E-state index in [1.165, 1.54) is 66.9 Å². The van der Waals surface area contributed by atoms with Gasteiger partial charge in [-0.1, -0.05) is 12.1 Å². The van der Waals surface area contributed by atoms with Gasteiger partial charge >= 0.3 is 0 Å². The fraction of sp³-hybridized carbons (Fsp3) is 0.0526. The lowest BCUT2D eigenvalue weighted by Crippen LogP contribution is -2.21. The first-order chi connectivity index (χ1) is 14.9. The highest BCUT2D eigenvalue weighted by Crippen LogP contribution is 2.36. The highest BCUT2D eigenvalue weighted by atomic mass is 32.2. The predicted octanol–water partition coefficient (Wildman–Crippen LogP) is 2.41. The number of nitrogens with two attached hydrogens (primary N) is 1. The average Bonchev–Trinajstić information content (AvgIpc) is 3.10. The van der Waals surface area contributed by atoms with Crippen LogP contribution in [-0.4, -0.2) is 32.3 Å². The van der Waals surface area contributed by atoms with Gasteiger partial charge in [-0.2, -0.15) is 0 Å². The number of fused-ring (bicyclic) bond motifs is 3. The van der Waals surface area contributed by atoms with Gasteiger partial charge < -0.3 is 0 Å². The SMILES string of the molecule is CNS(=O)(=O)c1ccccc1NS(=O)(=O)c1ccc2sc3ccc(S(N)(=O)=O)cc3c2c1. The van der Waals surface area contributed by atoms with Crippen molar-refractivity contribution in [2.45, 2.75) is 14.7 Å². The fourth-order valence-corrected chi connectivity index (χ4v) is 6.84. The molecule has 0 aliphatic carbocycles. The number of primary sulfonamides is 1. The smallest absolute Gasteiger partial charge is 0.261 e. The van der Waals surface area contributed by atoms with E-state index in [0.717, 1.165) is 9.40 Å². The molecule has 3 aromatic carbocycles. The molecule has 1 aromatic heterocycles. The first-order valence-electron chi connectivity index (χ1n) is 8.97. The third-order valence-corrected chi connectivity index (χ3v) is 9.64. The molecule has 0 bridgehead atoms. The third kappa shape index (κ3) is 4.10. The zero-order valence-corrected chi connectivity index (χ0v) is 19.7. The van der Waals surface area contributed by atoms with Crippen LogP contribution in [0.1, 0.15) is 0 Å². The van der Waals surface area contributed by atoms with E-state index in [4.69, 9.17) is 5.14 Å². The Morgan fingerprint density at radius 3 is 1.91 bits per heavy atom. The molecule has 0 amide bonds. The highest BCUT2D eigenvalue weighted by Gasteiger charge is 2.22. The number of hydrogen-bond donors (Lipinski definition) is 3. The van der Waals surface area contributed by atoms with Gasteiger partial charge in [0.05, 0.1) is 15.5 Å². The lowest BCUT2D eigenvalue weighted by Gasteiger charge is -2.12. The zero-order valence-electron chi connectivity index (χ0n) is 16.4. The van der Waals surface area contributed by atoms with Crippen molar-refractivity contribution in [3.05, 3.63) is 60.7 Å². The predicted molar refractivity (Wildman–Crippen MR) is 124 cm³/mol. The van der Waals surface area contributed by atoms with E-state index in [1.54, 1.807) is 12.1 Å². The topological polar surface area (TPSA) is 152 Å². The van der Waals surface area contributed by atoms with E-state index >= 15 is 0 Å². The van der Waals surface area contributed by atoms with Crippen LogP contribution in [-0.2, 0) is 30.1 Å². The number of hydrogen-bond acceptors (Lipinski definition) is 7. The molecule has 0 saturated carbocycles. The zero-order chi connectivity index (χ0) is 23.3. The molecule has 32 heavy (non-hydrogen) atoms. The highest BCUT2D eigenvalue weighted by molar-refractivity contribution is 7.93. The van der Waals surface area contributed by atoms with E-state index in [-0.39, 0.29) is 20.4 Å². The molecular formula is C19H17N3O6S4. The van der Waals surface area contributed by atoms with Crippen molar-refractivity contribution >= 4 is 67.3 Å². The van der Waals surface area contributed by atoms with Gasteiger partial charge in [-0.05, 0) is 55.6 Å². The number of sulfonamides is 3. The monoisotopic (exact) mass is 511 g/mol. The molecule has 0 radical (unpaired) electrons. The molecule has 0 saturated heterocycles. The van der Waals surface area contributed by atoms with Gasteiger partial charge in [0.15, 0.2) is 0 Å². The summed E-state index contributed by atoms with van der Waals surface area (Å²) in [7, 11) is -10.8. The number of para-hydroxylation sites is 1. The van der Waals surface area contributed by atoms with Crippen LogP contribution in [0.2, 0.25) is 0 Å². The Labute approximate surface area is 189 Å². The second kappa shape index (κ2) is 7.79. The molecule has 0 unspecified atom stereocenters. The summed E-state index contributed by atoms with van der Waals surface area (Å²) in [5.74, 6) is 0. The third-order valence-electron chi connectivity index (χ3n) is 4.74. The number of thiophene rings is 1. The van der Waals surface area contributed by atoms with Crippen LogP contribution in [0.25, 0.3) is 20.2 Å². The quantitative estimate of drug-likeness (QED) is 0.361. The van der Waals surface area contributed by atoms with E-state index in [9.17, 15) is 25.3 Å². The maximum Gasteiger partial charge on any atom is 0.261 e. The molecule has 0 spiro atoms. The number of benzene rings is 3. The molecule has 4 aromatic rings. The van der Waals surface area contributed by atoms with Crippen molar-refractivity contribution in [1.29, 1.82) is 0 Å². The van der Waals surface area contributed by atoms with E-state index in [0.29, 0.717) is 10.8 Å². The maximum atomic E-state index is 13.1. The standard InChI is InChI=1S/C19H17N3O6S4/c1-21-32(27,28)19-5-3-2-4-16(19)22-31(25,26)13-7-9-18-15(11-13)14-10-12(30(20,23)24)6-8-17(14)29-18/h2-11,21-22H,1H3,(H2,20,23,24). The largest absolute Gasteiger partial charge is 0.278 e. The Morgan fingerprint density at radius 2 is 1.31 bits per heavy atom. The lowest BCUT2D eigenvalue weighted by atomic mass is 10.1. The summed E-state index contributed by atoms with van der Waals surface area (Å²) < 4.78 is 80.0. The first kappa shape index (κ1) is 22.6. The van der Waals surface area contributed by atoms with Crippen LogP contribution in [0.5, 0.6) is 0 Å². The summed E-state index contributed by atoms with van der Waals surface area (Å²) >= 11 is 1.37. The summed E-state index contributed by atoms with van der Waals surface area (Å²) in [6, 6.07) is 14.5. The fourth-order valence-electron chi connectivity index (χ4n) is 3.18. The molecule has 1 heterocycles. The minimum Gasteiger partial charge on any atom is -0.278 e. The summed E-state index contributed by atoms with van der Waals surface area (Å²) in [4.78, 5) is -0.407. The van der Waals surface area contributed by atoms with Crippen molar-refractivity contribution in [1.82, 2.24) is 4.72 Å². The molecule has 0 atom stereocenters. The normalized spacial score (nSPS) is 12.9. The Morgan fingerprint density at radius 1 is 0.750 bits per heavy atom. The second-order valence-corrected chi connectivity index (χ2v) is 13.0. The van der Waals surface area contributed by atoms with Crippen molar-refractivity contribution in [3.63, 3.8) is 0 Å². The molecule has 4 rings (SSSR count). The molecule has 168 valence electrons. The Balaban J connectivity index is 1.84. The molecule has 0 fully saturated rings. The summed E-state index contributed by atoms with van der Waals surface area (Å²) in [6.45, 7) is 0. The Bertz CT molecular complexity index is 1690. The van der Waals surface area contributed by atoms with Gasteiger partial charge in [-0.15, -0.1) is 11.3 Å². The minimum atomic E-state index is -4.16. The Kier molecular flexibility index (Phi) is 5.51. The number of anilines is 1. The maximum absolute atomic E-state index is 13.1. The van der Waals surface area contributed by atoms with Gasteiger partial charge in [0.1, 0.15) is 4.90 Å². The number of rotatable bonds is 6. The van der Waals surface area contributed by atoms with Crippen molar-refractivity contribution in [2.24, 2.45) is 5.14 Å². The van der Waals surface area contributed by atoms with E-state index in [1.807, 2.05) is 0 Å². The first-order valence-corrected chi connectivity index (χ1v) is 14.3. The van der Waals surface area contributed by atoms with Crippen molar-refractivity contribution in [3.8, 4) is 0 Å². The van der Waals surface area contributed by atoms with E-state index in [2.05, 4.69) is 9.44 Å². The van der Waals surface area contributed by atoms with Crippen molar-refractivity contribution in [2.75, 3.05) is 11.8 Å². The molecule has 0 aliphatic heterocycles. The number of nitrogens with one attached hydrogen (secondary N) is 2. The van der Waals surface area contributed by atoms with Crippen LogP contribution in [0.3, 0.4) is 0 Å². The van der Waals surface area contributed by atoms with Crippen LogP contribution >= 0.6 is 11.3 Å². The second-order valence-electron chi connectivity index (χ2n) is 6.77. The minimum absolute atomic E-state index is 0.0812. The van der Waals surface area contributed by atoms with Gasteiger partial charge in [0.25, 0.3) is 10.0 Å². The van der Waals surface area contributed by atoms with Crippen LogP contribution in [0, 0.1) is 0 Å². The van der Waals surface area contributed by atoms with Gasteiger partial charge in [0.2, 0.25) is 20.0 Å². The van der Waals surface area contributed by atoms with Gasteiger partial charge in [-0.3, -0.25) is 4.72 Å². The average molecular weight is 512 g/mol. The molecule has 4 N–H and O–H groups in total. The van der Waals surface area contributed by atoms with Crippen LogP contribution in [0.15, 0.2) is 75.4 Å². The van der Waals surface area contributed by atoms with Gasteiger partial charge in [-0.25, -0.2) is 35.1 Å². The summed E-state index contributed by atoms with van der Waals surface area (Å²) in [5.41, 5.74) is -0.103. The lowest BCUT2D eigenvalue weighted by molar-refractivity contribution is 0.588. The van der Waals surface area contributed by atoms with Gasteiger partial charge in [0, 0.05) is 20.2 Å². The summed E-state index contributed by atoms with van der Waals surface area (Å²) in [5, 5.41) is 6.31.